The summed E-state index contributed by atoms with van der Waals surface area (Å²) in [6, 6.07) is 3.15. The van der Waals surface area contributed by atoms with Crippen LogP contribution in [-0.4, -0.2) is 38.3 Å². The number of unbranched alkanes of at least 4 members (excludes halogenated alkanes) is 1. The highest BCUT2D eigenvalue weighted by atomic mass is 33.1. The molecule has 9 heteroatoms. The molecule has 0 saturated carbocycles. The smallest absolute Gasteiger partial charge is 0.241 e. The normalized spacial score (nSPS) is 19.9. The van der Waals surface area contributed by atoms with Crippen LogP contribution in [0.3, 0.4) is 0 Å². The number of hydrogen-bond donors (Lipinski definition) is 3. The van der Waals surface area contributed by atoms with Crippen molar-refractivity contribution in [3.05, 3.63) is 30.4 Å². The number of ether oxygens (including phenoxy) is 2. The molecule has 0 aliphatic carbocycles. The lowest BCUT2D eigenvalue weighted by Gasteiger charge is -2.09. The first-order valence-corrected chi connectivity index (χ1v) is 12.8. The summed E-state index contributed by atoms with van der Waals surface area (Å²) in [5.74, 6) is 2.19. The number of aromatic hydroxyl groups is 1. The van der Waals surface area contributed by atoms with Gasteiger partial charge in [-0.15, -0.1) is 0 Å². The van der Waals surface area contributed by atoms with E-state index < -0.39 is 0 Å². The van der Waals surface area contributed by atoms with E-state index in [4.69, 9.17) is 9.47 Å². The van der Waals surface area contributed by atoms with E-state index in [-0.39, 0.29) is 17.9 Å². The minimum Gasteiger partial charge on any atom is -0.506 e. The Morgan fingerprint density at radius 3 is 2.87 bits per heavy atom. The van der Waals surface area contributed by atoms with Gasteiger partial charge in [0.05, 0.1) is 12.0 Å². The van der Waals surface area contributed by atoms with Gasteiger partial charge in [-0.05, 0) is 32.1 Å². The number of H-pyrrole nitrogens is 1. The number of carbonyl (C=O) groups is 1. The summed E-state index contributed by atoms with van der Waals surface area (Å²) in [6.45, 7) is 0. The molecule has 0 spiro atoms. The molecule has 2 aromatic rings. The summed E-state index contributed by atoms with van der Waals surface area (Å²) in [7, 11) is 3.92. The SMILES string of the molecule is O=C(CCCCC1CCSS1)Nc1cc2c(cc1O)OC(CCCc1cnc[nH]1)O2. The Bertz CT molecular complexity index is 841. The van der Waals surface area contributed by atoms with Crippen LogP contribution in [0.2, 0.25) is 0 Å². The van der Waals surface area contributed by atoms with E-state index in [0.29, 0.717) is 30.0 Å². The molecule has 0 radical (unpaired) electrons. The highest BCUT2D eigenvalue weighted by Gasteiger charge is 2.26. The van der Waals surface area contributed by atoms with Crippen molar-refractivity contribution in [2.75, 3.05) is 11.1 Å². The molecule has 2 aliphatic rings. The molecule has 0 bridgehead atoms. The fourth-order valence-corrected chi connectivity index (χ4v) is 6.60. The quantitative estimate of drug-likeness (QED) is 0.270. The molecule has 2 unspecified atom stereocenters. The Labute approximate surface area is 184 Å². The maximum absolute atomic E-state index is 12.3. The molecule has 1 fully saturated rings. The average molecular weight is 450 g/mol. The van der Waals surface area contributed by atoms with E-state index in [0.717, 1.165) is 36.6 Å². The second kappa shape index (κ2) is 10.3. The number of nitrogens with zero attached hydrogens (tertiary/aromatic N) is 1. The second-order valence-electron chi connectivity index (χ2n) is 7.57. The number of anilines is 1. The van der Waals surface area contributed by atoms with Crippen LogP contribution in [0.5, 0.6) is 17.2 Å². The zero-order valence-corrected chi connectivity index (χ0v) is 18.4. The molecule has 3 heterocycles. The van der Waals surface area contributed by atoms with Gasteiger partial charge in [0.15, 0.2) is 11.5 Å². The molecule has 3 N–H and O–H groups in total. The molecule has 7 nitrogen and oxygen atoms in total. The number of aromatic amines is 1. The van der Waals surface area contributed by atoms with Gasteiger partial charge in [-0.1, -0.05) is 28.0 Å². The molecular formula is C21H27N3O4S2. The van der Waals surface area contributed by atoms with Gasteiger partial charge in [-0.25, -0.2) is 4.98 Å². The van der Waals surface area contributed by atoms with Crippen molar-refractivity contribution in [1.29, 1.82) is 0 Å². The molecule has 2 aliphatic heterocycles. The van der Waals surface area contributed by atoms with E-state index in [1.54, 1.807) is 12.4 Å². The van der Waals surface area contributed by atoms with Crippen LogP contribution >= 0.6 is 21.6 Å². The largest absolute Gasteiger partial charge is 0.506 e. The van der Waals surface area contributed by atoms with Gasteiger partial charge >= 0.3 is 0 Å². The number of phenolic OH excluding ortho intramolecular Hbond substituents is 1. The van der Waals surface area contributed by atoms with Crippen LogP contribution in [0.15, 0.2) is 24.7 Å². The lowest BCUT2D eigenvalue weighted by molar-refractivity contribution is -0.116. The maximum atomic E-state index is 12.3. The van der Waals surface area contributed by atoms with Gasteiger partial charge in [0, 0.05) is 47.9 Å². The fourth-order valence-electron chi connectivity index (χ4n) is 3.57. The molecule has 162 valence electrons. The Morgan fingerprint density at radius 2 is 2.10 bits per heavy atom. The van der Waals surface area contributed by atoms with Crippen molar-refractivity contribution in [3.63, 3.8) is 0 Å². The summed E-state index contributed by atoms with van der Waals surface area (Å²) < 4.78 is 11.6. The summed E-state index contributed by atoms with van der Waals surface area (Å²) in [6.07, 6.45) is 10.4. The van der Waals surface area contributed by atoms with Gasteiger partial charge in [0.25, 0.3) is 0 Å². The lowest BCUT2D eigenvalue weighted by atomic mass is 10.1. The number of nitrogens with one attached hydrogen (secondary N) is 2. The minimum absolute atomic E-state index is 0.0109. The van der Waals surface area contributed by atoms with Crippen LogP contribution < -0.4 is 14.8 Å². The first kappa shape index (κ1) is 21.2. The number of fused-ring (bicyclic) bond motifs is 1. The first-order valence-electron chi connectivity index (χ1n) is 10.4. The average Bonchev–Trinajstić information content (AvgIpc) is 3.48. The summed E-state index contributed by atoms with van der Waals surface area (Å²) in [4.78, 5) is 19.4. The van der Waals surface area contributed by atoms with Crippen LogP contribution in [0.1, 0.15) is 50.6 Å². The van der Waals surface area contributed by atoms with Crippen LogP contribution in [0, 0.1) is 0 Å². The topological polar surface area (TPSA) is 96.5 Å². The van der Waals surface area contributed by atoms with Crippen molar-refractivity contribution >= 4 is 33.2 Å². The van der Waals surface area contributed by atoms with Crippen molar-refractivity contribution < 1.29 is 19.4 Å². The highest BCUT2D eigenvalue weighted by Crippen LogP contribution is 2.43. The minimum atomic E-state index is -0.389. The number of rotatable bonds is 10. The summed E-state index contributed by atoms with van der Waals surface area (Å²) in [5.41, 5.74) is 1.44. The number of aromatic nitrogens is 2. The summed E-state index contributed by atoms with van der Waals surface area (Å²) >= 11 is 0. The molecule has 4 rings (SSSR count). The van der Waals surface area contributed by atoms with Gasteiger partial charge < -0.3 is 24.9 Å². The van der Waals surface area contributed by atoms with Crippen molar-refractivity contribution in [2.45, 2.75) is 62.9 Å². The van der Waals surface area contributed by atoms with Crippen molar-refractivity contribution in [1.82, 2.24) is 9.97 Å². The van der Waals surface area contributed by atoms with E-state index in [1.807, 2.05) is 27.8 Å². The Morgan fingerprint density at radius 1 is 1.23 bits per heavy atom. The Hall–Kier alpha value is -2.00. The van der Waals surface area contributed by atoms with Crippen LogP contribution in [0.4, 0.5) is 5.69 Å². The van der Waals surface area contributed by atoms with Crippen molar-refractivity contribution in [2.24, 2.45) is 0 Å². The standard InChI is InChI=1S/C21H27N3O4S2/c25-17-11-19-18(27-21(28-19)7-3-4-14-12-22-13-23-14)10-16(17)24-20(26)6-2-1-5-15-8-9-29-30-15/h10-13,15,21,25H,1-9H2,(H,22,23)(H,24,26). The summed E-state index contributed by atoms with van der Waals surface area (Å²) in [5, 5.41) is 13.8. The van der Waals surface area contributed by atoms with E-state index in [1.165, 1.54) is 24.7 Å². The molecule has 1 aromatic heterocycles. The first-order chi connectivity index (χ1) is 14.7. The third-order valence-corrected chi connectivity index (χ3v) is 8.21. The molecule has 1 amide bonds. The molecule has 1 aromatic carbocycles. The predicted octanol–water partition coefficient (Wildman–Crippen LogP) is 4.89. The monoisotopic (exact) mass is 449 g/mol. The Balaban J connectivity index is 1.21. The number of aryl methyl sites for hydroxylation is 1. The third-order valence-electron chi connectivity index (χ3n) is 5.20. The van der Waals surface area contributed by atoms with E-state index in [9.17, 15) is 9.90 Å². The Kier molecular flexibility index (Phi) is 7.33. The number of carbonyl (C=O) groups excluding carboxylic acids is 1. The number of amides is 1. The molecule has 30 heavy (non-hydrogen) atoms. The molecule has 1 saturated heterocycles. The predicted molar refractivity (Wildman–Crippen MR) is 120 cm³/mol. The number of hydrogen-bond acceptors (Lipinski definition) is 7. The number of benzene rings is 1. The van der Waals surface area contributed by atoms with Crippen LogP contribution in [0.25, 0.3) is 0 Å². The highest BCUT2D eigenvalue weighted by molar-refractivity contribution is 8.77. The number of phenols is 1. The van der Waals surface area contributed by atoms with Crippen LogP contribution in [-0.2, 0) is 11.2 Å². The third kappa shape index (κ3) is 5.78. The lowest BCUT2D eigenvalue weighted by Crippen LogP contribution is -2.17. The van der Waals surface area contributed by atoms with E-state index >= 15 is 0 Å². The van der Waals surface area contributed by atoms with E-state index in [2.05, 4.69) is 15.3 Å². The zero-order chi connectivity index (χ0) is 20.8. The van der Waals surface area contributed by atoms with Gasteiger partial charge in [-0.2, -0.15) is 0 Å². The van der Waals surface area contributed by atoms with Gasteiger partial charge in [0.1, 0.15) is 5.75 Å². The van der Waals surface area contributed by atoms with Gasteiger partial charge in [0.2, 0.25) is 12.2 Å². The van der Waals surface area contributed by atoms with Crippen molar-refractivity contribution in [3.8, 4) is 17.2 Å². The van der Waals surface area contributed by atoms with Gasteiger partial charge in [-0.3, -0.25) is 4.79 Å². The fraction of sp³-hybridized carbons (Fsp3) is 0.524. The number of imidazole rings is 1. The maximum Gasteiger partial charge on any atom is 0.241 e. The molecular weight excluding hydrogens is 422 g/mol. The second-order valence-corrected chi connectivity index (χ2v) is 10.4. The molecule has 2 atom stereocenters. The zero-order valence-electron chi connectivity index (χ0n) is 16.8.